The third kappa shape index (κ3) is 3.23. The number of hydrogen-bond acceptors (Lipinski definition) is 6. The van der Waals surface area contributed by atoms with Crippen molar-refractivity contribution in [2.45, 2.75) is 13.0 Å². The number of nitrogens with zero attached hydrogens (tertiary/aromatic N) is 2. The minimum atomic E-state index is -1.14. The average Bonchev–Trinajstić information content (AvgIpc) is 3.08. The van der Waals surface area contributed by atoms with Gasteiger partial charge in [-0.2, -0.15) is 0 Å². The molecular formula is C11H10N4O5S. The van der Waals surface area contributed by atoms with E-state index in [4.69, 9.17) is 5.11 Å². The smallest absolute Gasteiger partial charge is 0.355 e. The molecule has 0 aliphatic heterocycles. The molecule has 3 N–H and O–H groups in total. The van der Waals surface area contributed by atoms with Crippen LogP contribution in [0.2, 0.25) is 0 Å². The Morgan fingerprint density at radius 2 is 2.29 bits per heavy atom. The first-order valence-electron chi connectivity index (χ1n) is 5.71. The van der Waals surface area contributed by atoms with Gasteiger partial charge in [-0.25, -0.2) is 9.78 Å². The highest BCUT2D eigenvalue weighted by atomic mass is 32.1. The molecule has 0 spiro atoms. The number of carbonyl (C=O) groups is 2. The van der Waals surface area contributed by atoms with E-state index < -0.39 is 22.8 Å². The lowest BCUT2D eigenvalue weighted by Gasteiger charge is -2.09. The van der Waals surface area contributed by atoms with Gasteiger partial charge in [0.05, 0.1) is 17.2 Å². The molecule has 0 bridgehead atoms. The van der Waals surface area contributed by atoms with Gasteiger partial charge < -0.3 is 15.4 Å². The highest BCUT2D eigenvalue weighted by Gasteiger charge is 2.19. The first-order chi connectivity index (χ1) is 9.88. The van der Waals surface area contributed by atoms with Gasteiger partial charge in [-0.15, -0.1) is 11.3 Å². The van der Waals surface area contributed by atoms with Crippen molar-refractivity contribution >= 4 is 28.9 Å². The van der Waals surface area contributed by atoms with Crippen LogP contribution in [-0.4, -0.2) is 31.9 Å². The number of aromatic amines is 1. The molecule has 0 aliphatic rings. The molecule has 2 heterocycles. The predicted molar refractivity (Wildman–Crippen MR) is 72.4 cm³/mol. The highest BCUT2D eigenvalue weighted by Crippen LogP contribution is 2.19. The first-order valence-corrected chi connectivity index (χ1v) is 6.59. The van der Waals surface area contributed by atoms with Crippen molar-refractivity contribution in [3.8, 4) is 0 Å². The lowest BCUT2D eigenvalue weighted by Crippen LogP contribution is -2.26. The summed E-state index contributed by atoms with van der Waals surface area (Å²) in [5, 5.41) is 23.7. The highest BCUT2D eigenvalue weighted by molar-refractivity contribution is 7.09. The van der Waals surface area contributed by atoms with Crippen molar-refractivity contribution in [3.05, 3.63) is 44.2 Å². The van der Waals surface area contributed by atoms with E-state index in [0.717, 1.165) is 23.6 Å². The van der Waals surface area contributed by atoms with E-state index in [1.807, 2.05) is 0 Å². The maximum absolute atomic E-state index is 11.9. The van der Waals surface area contributed by atoms with Crippen LogP contribution in [0.4, 0.5) is 5.69 Å². The molecule has 1 unspecified atom stereocenters. The molecule has 21 heavy (non-hydrogen) atoms. The van der Waals surface area contributed by atoms with E-state index in [0.29, 0.717) is 5.01 Å². The molecule has 2 aromatic rings. The zero-order valence-corrected chi connectivity index (χ0v) is 11.5. The van der Waals surface area contributed by atoms with Gasteiger partial charge in [-0.3, -0.25) is 14.9 Å². The van der Waals surface area contributed by atoms with Crippen molar-refractivity contribution < 1.29 is 19.6 Å². The molecule has 2 aromatic heterocycles. The van der Waals surface area contributed by atoms with Crippen LogP contribution in [0.25, 0.3) is 0 Å². The number of aromatic nitrogens is 2. The quantitative estimate of drug-likeness (QED) is 0.566. The molecule has 0 saturated heterocycles. The number of thiazole rings is 1. The van der Waals surface area contributed by atoms with E-state index in [9.17, 15) is 19.7 Å². The molecule has 2 rings (SSSR count). The van der Waals surface area contributed by atoms with Gasteiger partial charge in [0, 0.05) is 11.4 Å². The van der Waals surface area contributed by atoms with Crippen molar-refractivity contribution in [2.24, 2.45) is 0 Å². The molecule has 0 saturated carbocycles. The first kappa shape index (κ1) is 14.7. The second-order valence-corrected chi connectivity index (χ2v) is 4.99. The number of nitrogens with one attached hydrogen (secondary N) is 2. The van der Waals surface area contributed by atoms with Crippen LogP contribution < -0.4 is 5.32 Å². The number of carboxylic acid groups (broad SMARTS) is 1. The summed E-state index contributed by atoms with van der Waals surface area (Å²) in [4.78, 5) is 38.9. The van der Waals surface area contributed by atoms with Gasteiger partial charge in [0.15, 0.2) is 5.69 Å². The number of aromatic carboxylic acids is 1. The minimum absolute atomic E-state index is 0.0450. The van der Waals surface area contributed by atoms with Crippen molar-refractivity contribution in [2.75, 3.05) is 0 Å². The van der Waals surface area contributed by atoms with Crippen molar-refractivity contribution in [3.63, 3.8) is 0 Å². The Labute approximate surface area is 121 Å². The SMILES string of the molecule is CC(NC(=O)c1cc([N+](=O)[O-])c[nH]1)c1nc(C(=O)O)cs1. The maximum atomic E-state index is 11.9. The Hall–Kier alpha value is -2.75. The van der Waals surface area contributed by atoms with Gasteiger partial charge in [0.25, 0.3) is 11.6 Å². The van der Waals surface area contributed by atoms with Crippen LogP contribution in [0, 0.1) is 10.1 Å². The third-order valence-electron chi connectivity index (χ3n) is 2.58. The molecule has 110 valence electrons. The Kier molecular flexibility index (Phi) is 3.98. The monoisotopic (exact) mass is 310 g/mol. The normalized spacial score (nSPS) is 11.9. The van der Waals surface area contributed by atoms with Crippen LogP contribution in [0.1, 0.15) is 39.0 Å². The fourth-order valence-electron chi connectivity index (χ4n) is 1.54. The van der Waals surface area contributed by atoms with Crippen molar-refractivity contribution in [1.82, 2.24) is 15.3 Å². The molecular weight excluding hydrogens is 300 g/mol. The second kappa shape index (κ2) is 5.71. The van der Waals surface area contributed by atoms with E-state index in [1.165, 1.54) is 5.38 Å². The zero-order chi connectivity index (χ0) is 15.6. The molecule has 9 nitrogen and oxygen atoms in total. The van der Waals surface area contributed by atoms with Gasteiger partial charge in [0.1, 0.15) is 10.7 Å². The predicted octanol–water partition coefficient (Wildman–Crippen LogP) is 1.57. The molecule has 0 aromatic carbocycles. The van der Waals surface area contributed by atoms with Crippen LogP contribution in [0.5, 0.6) is 0 Å². The summed E-state index contributed by atoms with van der Waals surface area (Å²) in [6.45, 7) is 1.64. The molecule has 1 atom stereocenters. The van der Waals surface area contributed by atoms with E-state index in [1.54, 1.807) is 6.92 Å². The fraction of sp³-hybridized carbons (Fsp3) is 0.182. The number of carbonyl (C=O) groups excluding carboxylic acids is 1. The van der Waals surface area contributed by atoms with Gasteiger partial charge in [-0.05, 0) is 6.92 Å². The number of H-pyrrole nitrogens is 1. The lowest BCUT2D eigenvalue weighted by molar-refractivity contribution is -0.384. The second-order valence-electron chi connectivity index (χ2n) is 4.10. The number of hydrogen-bond donors (Lipinski definition) is 3. The summed E-state index contributed by atoms with van der Waals surface area (Å²) >= 11 is 1.11. The third-order valence-corrected chi connectivity index (χ3v) is 3.61. The van der Waals surface area contributed by atoms with Crippen LogP contribution in [-0.2, 0) is 0 Å². The van der Waals surface area contributed by atoms with Crippen LogP contribution in [0.3, 0.4) is 0 Å². The summed E-state index contributed by atoms with van der Waals surface area (Å²) in [6.07, 6.45) is 1.12. The largest absolute Gasteiger partial charge is 0.476 e. The zero-order valence-electron chi connectivity index (χ0n) is 10.7. The van der Waals surface area contributed by atoms with Crippen LogP contribution in [0.15, 0.2) is 17.6 Å². The Balaban J connectivity index is 2.06. The summed E-state index contributed by atoms with van der Waals surface area (Å²) in [5.74, 6) is -1.68. The molecule has 0 aliphatic carbocycles. The van der Waals surface area contributed by atoms with Crippen LogP contribution >= 0.6 is 11.3 Å². The topological polar surface area (TPSA) is 138 Å². The molecule has 0 radical (unpaired) electrons. The maximum Gasteiger partial charge on any atom is 0.355 e. The van der Waals surface area contributed by atoms with E-state index >= 15 is 0 Å². The molecule has 0 fully saturated rings. The number of amides is 1. The summed E-state index contributed by atoms with van der Waals surface area (Å²) in [6, 6.07) is 0.602. The molecule has 10 heteroatoms. The number of rotatable bonds is 5. The Bertz CT molecular complexity index is 707. The van der Waals surface area contributed by atoms with Crippen molar-refractivity contribution in [1.29, 1.82) is 0 Å². The standard InChI is InChI=1S/C11H10N4O5S/c1-5(10-14-8(4-21-10)11(17)18)13-9(16)7-2-6(3-12-7)15(19)20/h2-5,12H,1H3,(H,13,16)(H,17,18). The number of carboxylic acids is 1. The van der Waals surface area contributed by atoms with Gasteiger partial charge in [0.2, 0.25) is 0 Å². The Morgan fingerprint density at radius 1 is 1.57 bits per heavy atom. The van der Waals surface area contributed by atoms with E-state index in [2.05, 4.69) is 15.3 Å². The van der Waals surface area contributed by atoms with Gasteiger partial charge in [-0.1, -0.05) is 0 Å². The summed E-state index contributed by atoms with van der Waals surface area (Å²) < 4.78 is 0. The summed E-state index contributed by atoms with van der Waals surface area (Å²) in [5.41, 5.74) is -0.259. The lowest BCUT2D eigenvalue weighted by atomic mass is 10.3. The summed E-state index contributed by atoms with van der Waals surface area (Å²) in [7, 11) is 0. The minimum Gasteiger partial charge on any atom is -0.476 e. The van der Waals surface area contributed by atoms with E-state index in [-0.39, 0.29) is 17.1 Å². The number of nitro groups is 1. The Morgan fingerprint density at radius 3 is 2.81 bits per heavy atom. The fourth-order valence-corrected chi connectivity index (χ4v) is 2.34. The average molecular weight is 310 g/mol. The molecule has 1 amide bonds. The van der Waals surface area contributed by atoms with Gasteiger partial charge >= 0.3 is 5.97 Å².